The molecule has 1 aliphatic carbocycles. The van der Waals surface area contributed by atoms with Crippen molar-refractivity contribution in [2.24, 2.45) is 0 Å². The Hall–Kier alpha value is -0.890. The number of benzene rings is 1. The van der Waals surface area contributed by atoms with E-state index in [0.29, 0.717) is 6.04 Å². The van der Waals surface area contributed by atoms with E-state index >= 15 is 0 Å². The highest BCUT2D eigenvalue weighted by Gasteiger charge is 2.51. The molecule has 1 N–H and O–H groups in total. The third kappa shape index (κ3) is 0.894. The fourth-order valence-corrected chi connectivity index (χ4v) is 2.73. The topological polar surface area (TPSA) is 12.0 Å². The maximum Gasteiger partial charge on any atom is 0.128 e. The maximum absolute atomic E-state index is 13.5. The highest BCUT2D eigenvalue weighted by Crippen LogP contribution is 2.48. The minimum atomic E-state index is -0.0599. The van der Waals surface area contributed by atoms with E-state index in [-0.39, 0.29) is 11.4 Å². The van der Waals surface area contributed by atoms with Crippen molar-refractivity contribution in [1.29, 1.82) is 0 Å². The molecule has 68 valence electrons. The molecule has 3 fully saturated rings. The van der Waals surface area contributed by atoms with Crippen molar-refractivity contribution in [1.82, 2.24) is 5.32 Å². The number of rotatable bonds is 1. The average Bonchev–Trinajstić information content (AvgIpc) is 2.63. The van der Waals surface area contributed by atoms with Crippen LogP contribution in [0.3, 0.4) is 0 Å². The normalized spacial score (nSPS) is 35.9. The van der Waals surface area contributed by atoms with Crippen LogP contribution >= 0.6 is 0 Å². The molecule has 0 spiro atoms. The molecule has 0 amide bonds. The second-order valence-corrected chi connectivity index (χ2v) is 4.15. The number of halogens is 1. The van der Waals surface area contributed by atoms with E-state index in [0.717, 1.165) is 18.4 Å². The van der Waals surface area contributed by atoms with E-state index in [9.17, 15) is 4.39 Å². The molecular weight excluding hydrogens is 165 g/mol. The molecule has 2 heterocycles. The van der Waals surface area contributed by atoms with Gasteiger partial charge in [-0.2, -0.15) is 0 Å². The largest absolute Gasteiger partial charge is 0.304 e. The summed E-state index contributed by atoms with van der Waals surface area (Å²) in [5.74, 6) is -0.0599. The number of fused-ring (bicyclic) bond motifs is 1. The zero-order valence-corrected chi connectivity index (χ0v) is 7.39. The molecule has 1 aromatic rings. The summed E-state index contributed by atoms with van der Waals surface area (Å²) in [7, 11) is 0. The fraction of sp³-hybridized carbons (Fsp3) is 0.455. The van der Waals surface area contributed by atoms with Gasteiger partial charge >= 0.3 is 0 Å². The van der Waals surface area contributed by atoms with Crippen LogP contribution in [0.2, 0.25) is 0 Å². The van der Waals surface area contributed by atoms with Gasteiger partial charge in [-0.15, -0.1) is 0 Å². The summed E-state index contributed by atoms with van der Waals surface area (Å²) in [4.78, 5) is 0. The molecule has 2 aliphatic heterocycles. The minimum absolute atomic E-state index is 0.00396. The van der Waals surface area contributed by atoms with Gasteiger partial charge < -0.3 is 5.32 Å². The van der Waals surface area contributed by atoms with Crippen molar-refractivity contribution >= 4 is 0 Å². The molecule has 4 rings (SSSR count). The molecule has 0 radical (unpaired) electrons. The van der Waals surface area contributed by atoms with Gasteiger partial charge in [0.05, 0.1) is 0 Å². The molecule has 13 heavy (non-hydrogen) atoms. The summed E-state index contributed by atoms with van der Waals surface area (Å²) in [6.45, 7) is 0. The third-order valence-electron chi connectivity index (χ3n) is 3.38. The quantitative estimate of drug-likeness (QED) is 0.693. The monoisotopic (exact) mass is 177 g/mol. The van der Waals surface area contributed by atoms with Crippen LogP contribution in [0.1, 0.15) is 24.8 Å². The van der Waals surface area contributed by atoms with Crippen molar-refractivity contribution in [2.75, 3.05) is 0 Å². The number of hydrogen-bond donors (Lipinski definition) is 1. The standard InChI is InChI=1S/C11H12FN/c12-10-4-2-1-3-9(10)11-6-5-8(7-11)13-11/h1-4,8,13H,5-7H2. The Kier molecular flexibility index (Phi) is 1.34. The lowest BCUT2D eigenvalue weighted by Gasteiger charge is -2.40. The highest BCUT2D eigenvalue weighted by atomic mass is 19.1. The van der Waals surface area contributed by atoms with Gasteiger partial charge in [0, 0.05) is 17.1 Å². The molecule has 2 saturated heterocycles. The number of hydrogen-bond acceptors (Lipinski definition) is 1. The van der Waals surface area contributed by atoms with Gasteiger partial charge in [0.1, 0.15) is 5.82 Å². The van der Waals surface area contributed by atoms with Gasteiger partial charge in [-0.3, -0.25) is 0 Å². The van der Waals surface area contributed by atoms with E-state index < -0.39 is 0 Å². The van der Waals surface area contributed by atoms with Crippen LogP contribution in [-0.4, -0.2) is 6.04 Å². The maximum atomic E-state index is 13.5. The first kappa shape index (κ1) is 7.51. The Balaban J connectivity index is 2.05. The SMILES string of the molecule is Fc1ccccc1C12CCC(C1)N2. The summed E-state index contributed by atoms with van der Waals surface area (Å²) >= 11 is 0. The van der Waals surface area contributed by atoms with Crippen LogP contribution in [0.5, 0.6) is 0 Å². The Labute approximate surface area is 77.0 Å². The lowest BCUT2D eigenvalue weighted by Crippen LogP contribution is -2.53. The van der Waals surface area contributed by atoms with Crippen LogP contribution in [0, 0.1) is 5.82 Å². The molecule has 1 aromatic carbocycles. The van der Waals surface area contributed by atoms with Gasteiger partial charge in [-0.1, -0.05) is 18.2 Å². The molecule has 1 nitrogen and oxygen atoms in total. The second kappa shape index (κ2) is 2.32. The average molecular weight is 177 g/mol. The highest BCUT2D eigenvalue weighted by molar-refractivity contribution is 5.32. The predicted molar refractivity (Wildman–Crippen MR) is 48.9 cm³/mol. The van der Waals surface area contributed by atoms with Gasteiger partial charge in [-0.05, 0) is 25.3 Å². The summed E-state index contributed by atoms with van der Waals surface area (Å²) in [5.41, 5.74) is 0.861. The first-order chi connectivity index (χ1) is 6.30. The summed E-state index contributed by atoms with van der Waals surface area (Å²) < 4.78 is 13.5. The van der Waals surface area contributed by atoms with Gasteiger partial charge in [-0.25, -0.2) is 4.39 Å². The zero-order valence-electron chi connectivity index (χ0n) is 7.39. The Morgan fingerprint density at radius 2 is 2.15 bits per heavy atom. The molecule has 2 atom stereocenters. The van der Waals surface area contributed by atoms with E-state index in [2.05, 4.69) is 5.32 Å². The third-order valence-corrected chi connectivity index (χ3v) is 3.38. The molecule has 2 bridgehead atoms. The van der Waals surface area contributed by atoms with Gasteiger partial charge in [0.25, 0.3) is 0 Å². The summed E-state index contributed by atoms with van der Waals surface area (Å²) in [5, 5.41) is 3.45. The predicted octanol–water partition coefficient (Wildman–Crippen LogP) is 2.18. The molecule has 2 unspecified atom stereocenters. The molecule has 3 aliphatic rings. The van der Waals surface area contributed by atoms with Crippen LogP contribution in [-0.2, 0) is 5.54 Å². The first-order valence-corrected chi connectivity index (χ1v) is 4.83. The fourth-order valence-electron chi connectivity index (χ4n) is 2.73. The minimum Gasteiger partial charge on any atom is -0.304 e. The Morgan fingerprint density at radius 3 is 2.77 bits per heavy atom. The van der Waals surface area contributed by atoms with Crippen molar-refractivity contribution in [3.63, 3.8) is 0 Å². The van der Waals surface area contributed by atoms with E-state index in [4.69, 9.17) is 0 Å². The van der Waals surface area contributed by atoms with E-state index in [1.54, 1.807) is 12.1 Å². The Morgan fingerprint density at radius 1 is 1.38 bits per heavy atom. The van der Waals surface area contributed by atoms with Crippen molar-refractivity contribution in [2.45, 2.75) is 30.8 Å². The summed E-state index contributed by atoms with van der Waals surface area (Å²) in [6.07, 6.45) is 3.42. The summed E-state index contributed by atoms with van der Waals surface area (Å²) in [6, 6.07) is 7.78. The van der Waals surface area contributed by atoms with E-state index in [1.165, 1.54) is 6.42 Å². The van der Waals surface area contributed by atoms with Crippen LogP contribution in [0.4, 0.5) is 4.39 Å². The van der Waals surface area contributed by atoms with Crippen molar-refractivity contribution in [3.05, 3.63) is 35.6 Å². The molecule has 2 heteroatoms. The van der Waals surface area contributed by atoms with E-state index in [1.807, 2.05) is 12.1 Å². The molecular formula is C11H12FN. The van der Waals surface area contributed by atoms with Gasteiger partial charge in [0.2, 0.25) is 0 Å². The lowest BCUT2D eigenvalue weighted by atomic mass is 9.82. The lowest BCUT2D eigenvalue weighted by molar-refractivity contribution is 0.218. The zero-order chi connectivity index (χ0) is 8.89. The first-order valence-electron chi connectivity index (χ1n) is 4.83. The Bertz CT molecular complexity index is 336. The van der Waals surface area contributed by atoms with Crippen LogP contribution in [0.25, 0.3) is 0 Å². The molecule has 0 aromatic heterocycles. The number of nitrogens with one attached hydrogen (secondary N) is 1. The smallest absolute Gasteiger partial charge is 0.128 e. The second-order valence-electron chi connectivity index (χ2n) is 4.15. The van der Waals surface area contributed by atoms with Crippen molar-refractivity contribution in [3.8, 4) is 0 Å². The van der Waals surface area contributed by atoms with Crippen molar-refractivity contribution < 1.29 is 4.39 Å². The van der Waals surface area contributed by atoms with Crippen LogP contribution < -0.4 is 5.32 Å². The van der Waals surface area contributed by atoms with Gasteiger partial charge in [0.15, 0.2) is 0 Å². The van der Waals surface area contributed by atoms with Crippen LogP contribution in [0.15, 0.2) is 24.3 Å². The molecule has 1 saturated carbocycles.